The average Bonchev–Trinajstić information content (AvgIpc) is 2.83. The lowest BCUT2D eigenvalue weighted by Crippen LogP contribution is -2.43. The lowest BCUT2D eigenvalue weighted by molar-refractivity contribution is -0.125. The molecule has 1 aliphatic rings. The second-order valence-electron chi connectivity index (χ2n) is 7.77. The van der Waals surface area contributed by atoms with Crippen molar-refractivity contribution < 1.29 is 4.79 Å². The third-order valence-electron chi connectivity index (χ3n) is 5.57. The van der Waals surface area contributed by atoms with Crippen LogP contribution in [-0.2, 0) is 11.2 Å². The smallest absolute Gasteiger partial charge is 0.224 e. The molecule has 1 aromatic heterocycles. The Labute approximate surface area is 178 Å². The van der Waals surface area contributed by atoms with Crippen LogP contribution in [0, 0.1) is 5.92 Å². The standard InChI is InChI=1S/C25H28N4O/c30-25(27-16-7-11-20-9-3-1-4-10-20)22-14-8-18-29(19-22)23-15-17-26-24(28-23)21-12-5-2-6-13-21/h1-6,9-10,12-13,15,17,22H,7-8,11,14,16,18-19H2,(H,27,30)/t22-/m0/s1. The van der Waals surface area contributed by atoms with Crippen molar-refractivity contribution in [2.24, 2.45) is 5.92 Å². The molecule has 2 heterocycles. The summed E-state index contributed by atoms with van der Waals surface area (Å²) < 4.78 is 0. The maximum Gasteiger partial charge on any atom is 0.224 e. The molecule has 0 aliphatic carbocycles. The van der Waals surface area contributed by atoms with Gasteiger partial charge in [-0.1, -0.05) is 60.7 Å². The van der Waals surface area contributed by atoms with Crippen molar-refractivity contribution in [2.75, 3.05) is 24.5 Å². The van der Waals surface area contributed by atoms with Crippen molar-refractivity contribution in [1.82, 2.24) is 15.3 Å². The summed E-state index contributed by atoms with van der Waals surface area (Å²) in [5, 5.41) is 3.13. The van der Waals surface area contributed by atoms with Crippen molar-refractivity contribution in [3.63, 3.8) is 0 Å². The fourth-order valence-corrected chi connectivity index (χ4v) is 3.94. The van der Waals surface area contributed by atoms with Crippen molar-refractivity contribution in [2.45, 2.75) is 25.7 Å². The van der Waals surface area contributed by atoms with Gasteiger partial charge in [0.25, 0.3) is 0 Å². The van der Waals surface area contributed by atoms with Gasteiger partial charge in [-0.25, -0.2) is 9.97 Å². The molecule has 1 N–H and O–H groups in total. The fraction of sp³-hybridized carbons (Fsp3) is 0.320. The Morgan fingerprint density at radius 3 is 2.60 bits per heavy atom. The van der Waals surface area contributed by atoms with E-state index < -0.39 is 0 Å². The minimum atomic E-state index is 0.00520. The summed E-state index contributed by atoms with van der Waals surface area (Å²) in [6.45, 7) is 2.34. The highest BCUT2D eigenvalue weighted by molar-refractivity contribution is 5.79. The van der Waals surface area contributed by atoms with Gasteiger partial charge in [-0.05, 0) is 37.3 Å². The number of hydrogen-bond donors (Lipinski definition) is 1. The summed E-state index contributed by atoms with van der Waals surface area (Å²) in [7, 11) is 0. The zero-order valence-electron chi connectivity index (χ0n) is 17.2. The van der Waals surface area contributed by atoms with E-state index in [0.29, 0.717) is 6.54 Å². The highest BCUT2D eigenvalue weighted by Crippen LogP contribution is 2.23. The molecule has 1 amide bonds. The minimum Gasteiger partial charge on any atom is -0.356 e. The molecule has 3 aromatic rings. The predicted octanol–water partition coefficient (Wildman–Crippen LogP) is 4.11. The Hall–Kier alpha value is -3.21. The first-order valence-electron chi connectivity index (χ1n) is 10.7. The van der Waals surface area contributed by atoms with Gasteiger partial charge in [0.15, 0.2) is 5.82 Å². The second kappa shape index (κ2) is 10.0. The van der Waals surface area contributed by atoms with Gasteiger partial charge in [0, 0.05) is 31.4 Å². The average molecular weight is 401 g/mol. The molecule has 0 bridgehead atoms. The van der Waals surface area contributed by atoms with Gasteiger partial charge in [-0.15, -0.1) is 0 Å². The van der Waals surface area contributed by atoms with E-state index >= 15 is 0 Å². The van der Waals surface area contributed by atoms with Crippen molar-refractivity contribution in [3.05, 3.63) is 78.5 Å². The fourth-order valence-electron chi connectivity index (χ4n) is 3.94. The van der Waals surface area contributed by atoms with E-state index in [1.165, 1.54) is 5.56 Å². The summed E-state index contributed by atoms with van der Waals surface area (Å²) in [5.74, 6) is 1.78. The van der Waals surface area contributed by atoms with Gasteiger partial charge in [-0.2, -0.15) is 0 Å². The largest absolute Gasteiger partial charge is 0.356 e. The molecule has 1 fully saturated rings. The van der Waals surface area contributed by atoms with E-state index in [1.54, 1.807) is 6.20 Å². The molecule has 0 spiro atoms. The summed E-state index contributed by atoms with van der Waals surface area (Å²) in [4.78, 5) is 24.1. The Morgan fingerprint density at radius 2 is 1.80 bits per heavy atom. The van der Waals surface area contributed by atoms with Gasteiger partial charge >= 0.3 is 0 Å². The zero-order chi connectivity index (χ0) is 20.6. The van der Waals surface area contributed by atoms with E-state index in [-0.39, 0.29) is 11.8 Å². The molecular weight excluding hydrogens is 372 g/mol. The van der Waals surface area contributed by atoms with E-state index in [0.717, 1.165) is 56.0 Å². The molecule has 5 nitrogen and oxygen atoms in total. The SMILES string of the molecule is O=C(NCCCc1ccccc1)[C@H]1CCCN(c2ccnc(-c3ccccc3)n2)C1. The summed E-state index contributed by atoms with van der Waals surface area (Å²) >= 11 is 0. The van der Waals surface area contributed by atoms with E-state index in [1.807, 2.05) is 42.5 Å². The minimum absolute atomic E-state index is 0.00520. The van der Waals surface area contributed by atoms with Crippen molar-refractivity contribution >= 4 is 11.7 Å². The van der Waals surface area contributed by atoms with Crippen LogP contribution in [0.2, 0.25) is 0 Å². The number of amides is 1. The summed E-state index contributed by atoms with van der Waals surface area (Å²) in [6, 6.07) is 22.3. The highest BCUT2D eigenvalue weighted by atomic mass is 16.1. The highest BCUT2D eigenvalue weighted by Gasteiger charge is 2.26. The zero-order valence-corrected chi connectivity index (χ0v) is 17.2. The Bertz CT molecular complexity index is 946. The lowest BCUT2D eigenvalue weighted by atomic mass is 9.97. The number of benzene rings is 2. The van der Waals surface area contributed by atoms with Crippen molar-refractivity contribution in [3.8, 4) is 11.4 Å². The second-order valence-corrected chi connectivity index (χ2v) is 7.77. The van der Waals surface area contributed by atoms with Crippen LogP contribution in [-0.4, -0.2) is 35.5 Å². The summed E-state index contributed by atoms with van der Waals surface area (Å²) in [6.07, 6.45) is 5.67. The lowest BCUT2D eigenvalue weighted by Gasteiger charge is -2.33. The summed E-state index contributed by atoms with van der Waals surface area (Å²) in [5.41, 5.74) is 2.32. The molecule has 2 aromatic carbocycles. The third-order valence-corrected chi connectivity index (χ3v) is 5.57. The first kappa shape index (κ1) is 20.1. The Balaban J connectivity index is 1.31. The van der Waals surface area contributed by atoms with Crippen LogP contribution in [0.5, 0.6) is 0 Å². The topological polar surface area (TPSA) is 58.1 Å². The first-order valence-corrected chi connectivity index (χ1v) is 10.7. The van der Waals surface area contributed by atoms with E-state index in [2.05, 4.69) is 39.5 Å². The number of aromatic nitrogens is 2. The number of rotatable bonds is 7. The molecule has 4 rings (SSSR count). The molecular formula is C25H28N4O. The third kappa shape index (κ3) is 5.23. The van der Waals surface area contributed by atoms with Crippen LogP contribution in [0.25, 0.3) is 11.4 Å². The number of nitrogens with one attached hydrogen (secondary N) is 1. The van der Waals surface area contributed by atoms with Crippen LogP contribution in [0.1, 0.15) is 24.8 Å². The van der Waals surface area contributed by atoms with Crippen LogP contribution in [0.3, 0.4) is 0 Å². The monoisotopic (exact) mass is 400 g/mol. The quantitative estimate of drug-likeness (QED) is 0.607. The number of piperidine rings is 1. The first-order chi connectivity index (χ1) is 14.8. The molecule has 1 saturated heterocycles. The van der Waals surface area contributed by atoms with Gasteiger partial charge in [0.1, 0.15) is 5.82 Å². The Kier molecular flexibility index (Phi) is 6.70. The van der Waals surface area contributed by atoms with Gasteiger partial charge in [0.2, 0.25) is 5.91 Å². The molecule has 30 heavy (non-hydrogen) atoms. The maximum absolute atomic E-state index is 12.7. The predicted molar refractivity (Wildman–Crippen MR) is 120 cm³/mol. The molecule has 154 valence electrons. The van der Waals surface area contributed by atoms with Gasteiger partial charge in [-0.3, -0.25) is 4.79 Å². The number of hydrogen-bond acceptors (Lipinski definition) is 4. The van der Waals surface area contributed by atoms with Gasteiger partial charge in [0.05, 0.1) is 5.92 Å². The van der Waals surface area contributed by atoms with Crippen LogP contribution in [0.15, 0.2) is 72.9 Å². The molecule has 1 atom stereocenters. The van der Waals surface area contributed by atoms with E-state index in [9.17, 15) is 4.79 Å². The number of anilines is 1. The van der Waals surface area contributed by atoms with Crippen LogP contribution in [0.4, 0.5) is 5.82 Å². The van der Waals surface area contributed by atoms with Crippen molar-refractivity contribution in [1.29, 1.82) is 0 Å². The number of carbonyl (C=O) groups excluding carboxylic acids is 1. The van der Waals surface area contributed by atoms with E-state index in [4.69, 9.17) is 4.98 Å². The van der Waals surface area contributed by atoms with Crippen LogP contribution >= 0.6 is 0 Å². The van der Waals surface area contributed by atoms with Crippen LogP contribution < -0.4 is 10.2 Å². The normalized spacial score (nSPS) is 16.3. The molecule has 5 heteroatoms. The molecule has 1 aliphatic heterocycles. The number of aryl methyl sites for hydroxylation is 1. The maximum atomic E-state index is 12.7. The number of carbonyl (C=O) groups is 1. The number of nitrogens with zero attached hydrogens (tertiary/aromatic N) is 3. The Morgan fingerprint density at radius 1 is 1.03 bits per heavy atom. The molecule has 0 radical (unpaired) electrons. The van der Waals surface area contributed by atoms with Gasteiger partial charge < -0.3 is 10.2 Å². The molecule has 0 unspecified atom stereocenters. The molecule has 0 saturated carbocycles.